The molecule has 4 aromatic rings. The van der Waals surface area contributed by atoms with Gasteiger partial charge < -0.3 is 0 Å². The zero-order valence-electron chi connectivity index (χ0n) is 31.0. The summed E-state index contributed by atoms with van der Waals surface area (Å²) in [6.07, 6.45) is 19.4. The molecule has 1 N–H and O–H groups in total. The molecule has 0 amide bonds. The summed E-state index contributed by atoms with van der Waals surface area (Å²) >= 11 is 0. The van der Waals surface area contributed by atoms with Crippen molar-refractivity contribution in [3.63, 3.8) is 0 Å². The van der Waals surface area contributed by atoms with Crippen LogP contribution in [-0.4, -0.2) is 38.5 Å². The van der Waals surface area contributed by atoms with Crippen molar-refractivity contribution in [2.24, 2.45) is 12.0 Å². The summed E-state index contributed by atoms with van der Waals surface area (Å²) in [4.78, 5) is 15.1. The monoisotopic (exact) mass is 679 g/mol. The van der Waals surface area contributed by atoms with E-state index in [4.69, 9.17) is 0 Å². The van der Waals surface area contributed by atoms with Crippen LogP contribution in [0.25, 0.3) is 10.9 Å². The summed E-state index contributed by atoms with van der Waals surface area (Å²) < 4.78 is 14.9. The number of aromatic amines is 1. The van der Waals surface area contributed by atoms with Gasteiger partial charge in [0.05, 0.1) is 11.8 Å². The van der Waals surface area contributed by atoms with E-state index in [1.54, 1.807) is 36.4 Å². The molecule has 4 rings (SSSR count). The Morgan fingerprint density at radius 3 is 2.33 bits per heavy atom. The number of nitrogens with one attached hydrogen (secondary N) is 1. The fourth-order valence-electron chi connectivity index (χ4n) is 4.46. The Kier molecular flexibility index (Phi) is 24.5. The maximum absolute atomic E-state index is 13.3. The van der Waals surface area contributed by atoms with Gasteiger partial charge >= 0.3 is 51.4 Å². The number of Topliss-reactive ketones (excluding diaryl/α,β-unsaturated/α-hetero) is 1. The molecular formula is C40H55FKN5O. The van der Waals surface area contributed by atoms with E-state index in [1.807, 2.05) is 46.4 Å². The molecule has 0 aliphatic heterocycles. The Hall–Kier alpha value is -2.88. The van der Waals surface area contributed by atoms with E-state index in [-0.39, 0.29) is 63.0 Å². The van der Waals surface area contributed by atoms with Crippen LogP contribution in [0.1, 0.15) is 107 Å². The summed E-state index contributed by atoms with van der Waals surface area (Å²) in [7, 11) is 3.62. The van der Waals surface area contributed by atoms with E-state index in [0.29, 0.717) is 17.5 Å². The first kappa shape index (κ1) is 45.1. The summed E-state index contributed by atoms with van der Waals surface area (Å²) in [5.41, 5.74) is 8.40. The molecule has 0 bridgehead atoms. The number of hydrogen-bond acceptors (Lipinski definition) is 4. The van der Waals surface area contributed by atoms with Gasteiger partial charge in [0.15, 0.2) is 5.78 Å². The third-order valence-electron chi connectivity index (χ3n) is 7.13. The third-order valence-corrected chi connectivity index (χ3v) is 7.13. The molecule has 48 heavy (non-hydrogen) atoms. The predicted octanol–water partition coefficient (Wildman–Crippen LogP) is 7.76. The van der Waals surface area contributed by atoms with Crippen molar-refractivity contribution >= 4 is 22.4 Å². The molecule has 0 atom stereocenters. The van der Waals surface area contributed by atoms with Crippen LogP contribution in [0.4, 0.5) is 4.39 Å². The Morgan fingerprint density at radius 1 is 1.08 bits per heavy atom. The maximum atomic E-state index is 13.3. The Morgan fingerprint density at radius 2 is 1.77 bits per heavy atom. The van der Waals surface area contributed by atoms with Crippen LogP contribution >= 0.6 is 0 Å². The summed E-state index contributed by atoms with van der Waals surface area (Å²) in [6.45, 7) is 18.5. The van der Waals surface area contributed by atoms with Crippen molar-refractivity contribution in [1.82, 2.24) is 20.0 Å². The van der Waals surface area contributed by atoms with Crippen LogP contribution in [-0.2, 0) is 7.05 Å². The number of H-pyrrole nitrogens is 1. The van der Waals surface area contributed by atoms with Crippen LogP contribution in [0.15, 0.2) is 95.9 Å². The molecule has 254 valence electrons. The van der Waals surface area contributed by atoms with E-state index in [9.17, 15) is 9.18 Å². The maximum Gasteiger partial charge on any atom is 1.00 e. The van der Waals surface area contributed by atoms with Gasteiger partial charge in [-0.2, -0.15) is 22.2 Å². The third kappa shape index (κ3) is 17.5. The quantitative estimate of drug-likeness (QED) is 0.0579. The molecule has 0 aliphatic carbocycles. The minimum Gasteiger partial charge on any atom is -0.294 e. The first-order chi connectivity index (χ1) is 22.5. The van der Waals surface area contributed by atoms with E-state index in [0.717, 1.165) is 29.5 Å². The Bertz CT molecular complexity index is 1610. The molecule has 0 aliphatic rings. The van der Waals surface area contributed by atoms with E-state index in [2.05, 4.69) is 84.9 Å². The smallest absolute Gasteiger partial charge is 0.294 e. The Balaban J connectivity index is 0.000000613. The first-order valence-corrected chi connectivity index (χ1v) is 16.5. The van der Waals surface area contributed by atoms with Crippen LogP contribution in [0.3, 0.4) is 0 Å². The Labute approximate surface area is 331 Å². The molecule has 2 aromatic carbocycles. The second-order valence-corrected chi connectivity index (χ2v) is 11.3. The zero-order chi connectivity index (χ0) is 35.2. The molecule has 0 spiro atoms. The first-order valence-electron chi connectivity index (χ1n) is 16.5. The number of carbonyl (C=O) groups excluding carboxylic acids is 1. The number of aryl methyl sites for hydroxylation is 2. The van der Waals surface area contributed by atoms with Gasteiger partial charge in [-0.1, -0.05) is 113 Å². The fourth-order valence-corrected chi connectivity index (χ4v) is 4.46. The van der Waals surface area contributed by atoms with Gasteiger partial charge in [0.2, 0.25) is 0 Å². The van der Waals surface area contributed by atoms with Gasteiger partial charge in [0.1, 0.15) is 0 Å². The molecule has 2 aromatic heterocycles. The van der Waals surface area contributed by atoms with E-state index < -0.39 is 0 Å². The number of aliphatic imine (C=N–C) groups is 1. The average Bonchev–Trinajstić information content (AvgIpc) is 3.70. The molecule has 0 saturated carbocycles. The molecule has 0 unspecified atom stereocenters. The normalized spacial score (nSPS) is 11.0. The number of benzene rings is 2. The van der Waals surface area contributed by atoms with Crippen LogP contribution in [0, 0.1) is 19.2 Å². The minimum absolute atomic E-state index is 0. The SMILES string of the molecule is C=C(/C=C\C=C(\C)CCC)CCC.CCC(=O)c1cnn(C)c1.CC[CH-]c1cc2cn[nH]c2cc1F.CN=C(C)c1ccccc1C.[K+]. The largest absolute Gasteiger partial charge is 1.00 e. The zero-order valence-corrected chi connectivity index (χ0v) is 34.2. The summed E-state index contributed by atoms with van der Waals surface area (Å²) in [5, 5.41) is 11.4. The summed E-state index contributed by atoms with van der Waals surface area (Å²) in [5.74, 6) is -0.0494. The van der Waals surface area contributed by atoms with E-state index in [1.165, 1.54) is 47.6 Å². The average molecular weight is 680 g/mol. The number of nitrogens with zero attached hydrogens (tertiary/aromatic N) is 4. The van der Waals surface area contributed by atoms with Gasteiger partial charge in [-0.15, -0.1) is 6.07 Å². The van der Waals surface area contributed by atoms with Crippen molar-refractivity contribution in [3.8, 4) is 0 Å². The van der Waals surface area contributed by atoms with Crippen LogP contribution in [0.2, 0.25) is 0 Å². The van der Waals surface area contributed by atoms with Crippen molar-refractivity contribution < 1.29 is 60.6 Å². The molecule has 0 saturated heterocycles. The number of fused-ring (bicyclic) bond motifs is 1. The number of rotatable bonds is 11. The number of aromatic nitrogens is 4. The number of halogens is 1. The standard InChI is InChI=1S/C13H22.C10H10FN2.C10H13N.C7H10N2O.K/c1-5-8-12(3)10-7-11-13(4)9-6-2;1-2-3-7-4-8-6-12-13-10(8)5-9(7)11;1-8-6-4-5-7-10(8)9(2)11-3;1-3-7(10)6-4-8-9(2)5-6;/h7,10-11H,3,5-6,8-9H2,1-2,4H3;3-6H,2H2,1H3,(H,12,13);4-7H,1-3H3;4-5H,3H2,1-2H3;/q;-1;;;+1/b10-7-,13-11-;;;;. The van der Waals surface area contributed by atoms with Crippen LogP contribution in [0.5, 0.6) is 0 Å². The minimum atomic E-state index is -0.196. The van der Waals surface area contributed by atoms with Gasteiger partial charge in [-0.3, -0.25) is 24.0 Å². The van der Waals surface area contributed by atoms with Gasteiger partial charge in [-0.05, 0) is 50.1 Å². The molecule has 8 heteroatoms. The van der Waals surface area contributed by atoms with Gasteiger partial charge in [0, 0.05) is 50.0 Å². The number of hydrogen-bond donors (Lipinski definition) is 1. The van der Waals surface area contributed by atoms with Crippen molar-refractivity contribution in [2.45, 2.75) is 87.0 Å². The predicted molar refractivity (Wildman–Crippen MR) is 199 cm³/mol. The van der Waals surface area contributed by atoms with E-state index >= 15 is 0 Å². The molecular weight excluding hydrogens is 625 g/mol. The number of ketones is 1. The summed E-state index contributed by atoms with van der Waals surface area (Å²) in [6, 6.07) is 11.6. The van der Waals surface area contributed by atoms with Crippen molar-refractivity contribution in [2.75, 3.05) is 7.05 Å². The topological polar surface area (TPSA) is 75.9 Å². The van der Waals surface area contributed by atoms with Crippen molar-refractivity contribution in [1.29, 1.82) is 0 Å². The molecule has 6 nitrogen and oxygen atoms in total. The van der Waals surface area contributed by atoms with Gasteiger partial charge in [-0.25, -0.2) is 0 Å². The second-order valence-electron chi connectivity index (χ2n) is 11.3. The molecule has 0 radical (unpaired) electrons. The number of carbonyl (C=O) groups is 1. The van der Waals surface area contributed by atoms with Gasteiger partial charge in [0.25, 0.3) is 0 Å². The second kappa shape index (κ2) is 26.0. The van der Waals surface area contributed by atoms with Crippen molar-refractivity contribution in [3.05, 3.63) is 125 Å². The van der Waals surface area contributed by atoms with Crippen LogP contribution < -0.4 is 51.4 Å². The molecule has 0 fully saturated rings. The fraction of sp³-hybridized carbons (Fsp3) is 0.375. The molecule has 2 heterocycles. The number of allylic oxidation sites excluding steroid dienone is 5.